The molecule has 0 amide bonds. The van der Waals surface area contributed by atoms with E-state index in [1.165, 1.54) is 28.0 Å². The summed E-state index contributed by atoms with van der Waals surface area (Å²) in [5, 5.41) is 1.34. The van der Waals surface area contributed by atoms with Crippen LogP contribution in [0.15, 0.2) is 82.7 Å². The molecule has 0 fully saturated rings. The van der Waals surface area contributed by atoms with Crippen LogP contribution >= 0.6 is 11.8 Å². The van der Waals surface area contributed by atoms with E-state index in [-0.39, 0.29) is 11.2 Å². The van der Waals surface area contributed by atoms with Gasteiger partial charge >= 0.3 is 0 Å². The molecule has 5 rings (SSSR count). The molecule has 0 unspecified atom stereocenters. The van der Waals surface area contributed by atoms with Gasteiger partial charge in [-0.25, -0.2) is 9.37 Å². The summed E-state index contributed by atoms with van der Waals surface area (Å²) in [5.74, 6) is 0.158. The maximum absolute atomic E-state index is 14.6. The highest BCUT2D eigenvalue weighted by Gasteiger charge is 2.19. The fourth-order valence-electron chi connectivity index (χ4n) is 3.63. The number of para-hydroxylation sites is 2. The van der Waals surface area contributed by atoms with Crippen molar-refractivity contribution in [3.05, 3.63) is 100 Å². The molecule has 0 radical (unpaired) electrons. The van der Waals surface area contributed by atoms with E-state index in [1.807, 2.05) is 49.4 Å². The first-order valence-electron chi connectivity index (χ1n) is 9.58. The molecule has 4 nitrogen and oxygen atoms in total. The number of aromatic nitrogens is 3. The van der Waals surface area contributed by atoms with E-state index in [0.717, 1.165) is 16.5 Å². The fourth-order valence-corrected chi connectivity index (χ4v) is 4.58. The quantitative estimate of drug-likeness (QED) is 0.307. The summed E-state index contributed by atoms with van der Waals surface area (Å²) in [6, 6.07) is 22.1. The molecule has 0 saturated carbocycles. The Morgan fingerprint density at radius 3 is 2.67 bits per heavy atom. The smallest absolute Gasteiger partial charge is 0.283 e. The number of aryl methyl sites for hydroxylation is 1. The van der Waals surface area contributed by atoms with Crippen LogP contribution in [0.25, 0.3) is 27.6 Å². The van der Waals surface area contributed by atoms with Crippen LogP contribution in [0.1, 0.15) is 11.1 Å². The van der Waals surface area contributed by atoms with Crippen molar-refractivity contribution < 1.29 is 4.39 Å². The number of hydrogen-bond donors (Lipinski definition) is 1. The molecule has 0 aliphatic carbocycles. The molecule has 30 heavy (non-hydrogen) atoms. The van der Waals surface area contributed by atoms with Gasteiger partial charge in [-0.1, -0.05) is 71.9 Å². The SMILES string of the molecule is Cc1cccc(CSc2nc3c([nH]c4ccccc43)c(=O)n2-c2ccccc2F)c1. The summed E-state index contributed by atoms with van der Waals surface area (Å²) in [4.78, 5) is 21.4. The summed E-state index contributed by atoms with van der Waals surface area (Å²) in [6.45, 7) is 2.04. The molecule has 1 N–H and O–H groups in total. The third-order valence-electron chi connectivity index (χ3n) is 5.04. The van der Waals surface area contributed by atoms with Gasteiger partial charge in [-0.05, 0) is 30.7 Å². The molecule has 0 aliphatic rings. The Balaban J connectivity index is 1.73. The molecule has 3 aromatic carbocycles. The number of halogens is 1. The highest BCUT2D eigenvalue weighted by Crippen LogP contribution is 2.28. The predicted molar refractivity (Wildman–Crippen MR) is 120 cm³/mol. The molecule has 0 spiro atoms. The number of H-pyrrole nitrogens is 1. The second kappa shape index (κ2) is 7.46. The van der Waals surface area contributed by atoms with E-state index in [1.54, 1.807) is 18.2 Å². The lowest BCUT2D eigenvalue weighted by Gasteiger charge is -2.13. The molecule has 5 aromatic rings. The lowest BCUT2D eigenvalue weighted by atomic mass is 10.2. The standard InChI is InChI=1S/C24H18FN3OS/c1-15-7-6-8-16(13-15)14-30-24-27-21-17-9-2-4-11-19(17)26-22(21)23(29)28(24)20-12-5-3-10-18(20)25/h2-13,26H,14H2,1H3. The van der Waals surface area contributed by atoms with Gasteiger partial charge in [-0.15, -0.1) is 0 Å². The van der Waals surface area contributed by atoms with Gasteiger partial charge in [0.05, 0.1) is 5.69 Å². The lowest BCUT2D eigenvalue weighted by Crippen LogP contribution is -2.22. The first-order valence-corrected chi connectivity index (χ1v) is 10.6. The van der Waals surface area contributed by atoms with Crippen molar-refractivity contribution in [3.63, 3.8) is 0 Å². The second-order valence-electron chi connectivity index (χ2n) is 7.16. The van der Waals surface area contributed by atoms with E-state index in [9.17, 15) is 9.18 Å². The molecule has 6 heteroatoms. The minimum Gasteiger partial charge on any atom is -0.349 e. The van der Waals surface area contributed by atoms with Gasteiger partial charge in [0.1, 0.15) is 16.9 Å². The number of aromatic amines is 1. The first kappa shape index (κ1) is 18.6. The van der Waals surface area contributed by atoms with Crippen molar-refractivity contribution in [3.8, 4) is 5.69 Å². The number of nitrogens with zero attached hydrogens (tertiary/aromatic N) is 2. The van der Waals surface area contributed by atoms with Gasteiger partial charge in [0.2, 0.25) is 0 Å². The largest absolute Gasteiger partial charge is 0.349 e. The van der Waals surface area contributed by atoms with Gasteiger partial charge in [0.15, 0.2) is 5.16 Å². The van der Waals surface area contributed by atoms with Crippen LogP contribution in [0.2, 0.25) is 0 Å². The van der Waals surface area contributed by atoms with Gasteiger partial charge in [-0.3, -0.25) is 9.36 Å². The topological polar surface area (TPSA) is 50.7 Å². The molecular formula is C24H18FN3OS. The van der Waals surface area contributed by atoms with Gasteiger partial charge in [0.25, 0.3) is 5.56 Å². The van der Waals surface area contributed by atoms with Crippen LogP contribution in [0.5, 0.6) is 0 Å². The Labute approximate surface area is 176 Å². The average molecular weight is 415 g/mol. The average Bonchev–Trinajstić information content (AvgIpc) is 3.12. The summed E-state index contributed by atoms with van der Waals surface area (Å²) < 4.78 is 16.0. The molecule has 148 valence electrons. The minimum absolute atomic E-state index is 0.197. The number of fused-ring (bicyclic) bond motifs is 3. The number of benzene rings is 3. The van der Waals surface area contributed by atoms with Crippen molar-refractivity contribution in [2.24, 2.45) is 0 Å². The van der Waals surface area contributed by atoms with Crippen LogP contribution in [-0.2, 0) is 5.75 Å². The minimum atomic E-state index is -0.464. The van der Waals surface area contributed by atoms with Crippen LogP contribution < -0.4 is 5.56 Å². The van der Waals surface area contributed by atoms with Gasteiger partial charge in [0, 0.05) is 16.7 Å². The zero-order valence-corrected chi connectivity index (χ0v) is 17.0. The monoisotopic (exact) mass is 415 g/mol. The molecule has 2 aromatic heterocycles. The Bertz CT molecular complexity index is 1450. The molecule has 0 saturated heterocycles. The van der Waals surface area contributed by atoms with Crippen LogP contribution in [0.4, 0.5) is 4.39 Å². The van der Waals surface area contributed by atoms with E-state index < -0.39 is 5.82 Å². The Hall–Kier alpha value is -3.38. The Morgan fingerprint density at radius 2 is 1.83 bits per heavy atom. The maximum Gasteiger partial charge on any atom is 0.283 e. The normalized spacial score (nSPS) is 11.4. The van der Waals surface area contributed by atoms with Crippen molar-refractivity contribution in [2.75, 3.05) is 0 Å². The molecule has 0 bridgehead atoms. The second-order valence-corrected chi connectivity index (χ2v) is 8.10. The van der Waals surface area contributed by atoms with E-state index in [2.05, 4.69) is 11.1 Å². The van der Waals surface area contributed by atoms with Crippen LogP contribution in [0.3, 0.4) is 0 Å². The molecule has 0 atom stereocenters. The van der Waals surface area contributed by atoms with E-state index in [4.69, 9.17) is 4.98 Å². The lowest BCUT2D eigenvalue weighted by molar-refractivity contribution is 0.608. The van der Waals surface area contributed by atoms with Crippen molar-refractivity contribution in [2.45, 2.75) is 17.8 Å². The third-order valence-corrected chi connectivity index (χ3v) is 6.05. The Kier molecular flexibility index (Phi) is 4.64. The Morgan fingerprint density at radius 1 is 1.03 bits per heavy atom. The molecular weight excluding hydrogens is 397 g/mol. The summed E-state index contributed by atoms with van der Waals surface area (Å²) in [5.41, 5.74) is 3.98. The number of hydrogen-bond acceptors (Lipinski definition) is 3. The van der Waals surface area contributed by atoms with E-state index >= 15 is 0 Å². The highest BCUT2D eigenvalue weighted by molar-refractivity contribution is 7.98. The van der Waals surface area contributed by atoms with E-state index in [0.29, 0.717) is 21.9 Å². The molecule has 2 heterocycles. The van der Waals surface area contributed by atoms with Gasteiger partial charge < -0.3 is 4.98 Å². The van der Waals surface area contributed by atoms with Crippen molar-refractivity contribution in [1.29, 1.82) is 0 Å². The summed E-state index contributed by atoms with van der Waals surface area (Å²) in [6.07, 6.45) is 0. The van der Waals surface area contributed by atoms with Crippen molar-refractivity contribution in [1.82, 2.24) is 14.5 Å². The number of thioether (sulfide) groups is 1. The number of rotatable bonds is 4. The molecule has 0 aliphatic heterocycles. The third kappa shape index (κ3) is 3.19. The zero-order chi connectivity index (χ0) is 20.7. The summed E-state index contributed by atoms with van der Waals surface area (Å²) in [7, 11) is 0. The van der Waals surface area contributed by atoms with Crippen molar-refractivity contribution >= 4 is 33.7 Å². The highest BCUT2D eigenvalue weighted by atomic mass is 32.2. The fraction of sp³-hybridized carbons (Fsp3) is 0.0833. The van der Waals surface area contributed by atoms with Gasteiger partial charge in [-0.2, -0.15) is 0 Å². The first-order chi connectivity index (χ1) is 14.6. The van der Waals surface area contributed by atoms with Crippen LogP contribution in [-0.4, -0.2) is 14.5 Å². The summed E-state index contributed by atoms with van der Waals surface area (Å²) >= 11 is 1.42. The number of nitrogens with one attached hydrogen (secondary N) is 1. The predicted octanol–water partition coefficient (Wildman–Crippen LogP) is 5.61. The zero-order valence-electron chi connectivity index (χ0n) is 16.2. The maximum atomic E-state index is 14.6. The van der Waals surface area contributed by atoms with Crippen LogP contribution in [0, 0.1) is 12.7 Å².